The van der Waals surface area contributed by atoms with E-state index >= 15 is 0 Å². The van der Waals surface area contributed by atoms with Gasteiger partial charge in [-0.05, 0) is 85.5 Å². The molecule has 3 aromatic rings. The predicted molar refractivity (Wildman–Crippen MR) is 156 cm³/mol. The van der Waals surface area contributed by atoms with E-state index in [-0.39, 0.29) is 18.3 Å². The molecule has 0 unspecified atom stereocenters. The van der Waals surface area contributed by atoms with Crippen LogP contribution in [0.5, 0.6) is 0 Å². The quantitative estimate of drug-likeness (QED) is 0.261. The average molecular weight is 656 g/mol. The SMILES string of the molecule is Cc1cc(F)ccc1-c1cc(C2=CCN(S(C)(=O)=O)C=C2)ncc1N(C)C(=O)C(C)(C)c1cc(C(F)(F)F)cc(C(F)(F)F)c1. The number of nitrogens with zero attached hydrogens (tertiary/aromatic N) is 3. The van der Waals surface area contributed by atoms with Gasteiger partial charge in [0, 0.05) is 18.8 Å². The van der Waals surface area contributed by atoms with Gasteiger partial charge in [-0.3, -0.25) is 14.1 Å². The molecule has 1 aliphatic rings. The maximum Gasteiger partial charge on any atom is 0.416 e. The summed E-state index contributed by atoms with van der Waals surface area (Å²) in [7, 11) is -2.19. The van der Waals surface area contributed by atoms with E-state index in [2.05, 4.69) is 4.98 Å². The maximum absolute atomic E-state index is 14.0. The van der Waals surface area contributed by atoms with E-state index < -0.39 is 56.2 Å². The van der Waals surface area contributed by atoms with Crippen LogP contribution in [0, 0.1) is 12.7 Å². The fourth-order valence-corrected chi connectivity index (χ4v) is 5.53. The van der Waals surface area contributed by atoms with E-state index in [1.54, 1.807) is 19.1 Å². The van der Waals surface area contributed by atoms with Crippen molar-refractivity contribution < 1.29 is 43.9 Å². The number of pyridine rings is 1. The zero-order valence-corrected chi connectivity index (χ0v) is 25.5. The summed E-state index contributed by atoms with van der Waals surface area (Å²) in [5.41, 5.74) is -3.11. The van der Waals surface area contributed by atoms with Gasteiger partial charge in [-0.25, -0.2) is 12.8 Å². The molecule has 1 aromatic heterocycles. The van der Waals surface area contributed by atoms with Gasteiger partial charge in [0.15, 0.2) is 0 Å². The van der Waals surface area contributed by atoms with Gasteiger partial charge in [0.25, 0.3) is 0 Å². The van der Waals surface area contributed by atoms with Crippen molar-refractivity contribution in [1.29, 1.82) is 0 Å². The highest BCUT2D eigenvalue weighted by Gasteiger charge is 2.41. The van der Waals surface area contributed by atoms with Gasteiger partial charge in [-0.15, -0.1) is 0 Å². The first-order chi connectivity index (χ1) is 20.6. The highest BCUT2D eigenvalue weighted by atomic mass is 32.2. The number of benzene rings is 2. The number of rotatable bonds is 6. The van der Waals surface area contributed by atoms with Crippen molar-refractivity contribution in [2.75, 3.05) is 24.7 Å². The van der Waals surface area contributed by atoms with E-state index in [0.29, 0.717) is 40.1 Å². The Bertz CT molecular complexity index is 1800. The van der Waals surface area contributed by atoms with Gasteiger partial charge in [0.05, 0.1) is 46.9 Å². The van der Waals surface area contributed by atoms with Crippen molar-refractivity contribution in [2.45, 2.75) is 38.5 Å². The Kier molecular flexibility index (Phi) is 8.70. The van der Waals surface area contributed by atoms with E-state index in [4.69, 9.17) is 0 Å². The summed E-state index contributed by atoms with van der Waals surface area (Å²) in [5, 5.41) is 0. The van der Waals surface area contributed by atoms with Gasteiger partial charge in [0.2, 0.25) is 15.9 Å². The molecule has 0 spiro atoms. The molecule has 0 saturated heterocycles. The number of allylic oxidation sites excluding steroid dienone is 2. The molecular formula is C31H28F7N3O3S. The second kappa shape index (κ2) is 11.6. The summed E-state index contributed by atoms with van der Waals surface area (Å²) in [4.78, 5) is 19.4. The zero-order chi connectivity index (χ0) is 33.7. The van der Waals surface area contributed by atoms with Crippen LogP contribution in [0.3, 0.4) is 0 Å². The first kappa shape index (κ1) is 33.7. The Hall–Kier alpha value is -4.20. The molecule has 2 aromatic carbocycles. The van der Waals surface area contributed by atoms with Crippen LogP contribution in [-0.4, -0.2) is 43.5 Å². The molecule has 2 heterocycles. The van der Waals surface area contributed by atoms with Gasteiger partial charge in [-0.2, -0.15) is 26.3 Å². The van der Waals surface area contributed by atoms with Gasteiger partial charge >= 0.3 is 12.4 Å². The van der Waals surface area contributed by atoms with E-state index in [0.717, 1.165) is 15.5 Å². The largest absolute Gasteiger partial charge is 0.416 e. The Balaban J connectivity index is 1.83. The highest BCUT2D eigenvalue weighted by Crippen LogP contribution is 2.41. The number of carbonyl (C=O) groups excluding carboxylic acids is 1. The first-order valence-electron chi connectivity index (χ1n) is 13.3. The number of aryl methyl sites for hydroxylation is 1. The van der Waals surface area contributed by atoms with Crippen molar-refractivity contribution in [3.63, 3.8) is 0 Å². The minimum atomic E-state index is -5.10. The van der Waals surface area contributed by atoms with Crippen LogP contribution in [-0.2, 0) is 32.6 Å². The number of alkyl halides is 6. The van der Waals surface area contributed by atoms with Crippen molar-refractivity contribution in [2.24, 2.45) is 0 Å². The molecule has 0 saturated carbocycles. The van der Waals surface area contributed by atoms with Gasteiger partial charge in [-0.1, -0.05) is 12.1 Å². The Morgan fingerprint density at radius 1 is 0.911 bits per heavy atom. The molecular weight excluding hydrogens is 627 g/mol. The Morgan fingerprint density at radius 3 is 1.98 bits per heavy atom. The topological polar surface area (TPSA) is 70.6 Å². The molecule has 0 N–H and O–H groups in total. The Labute approximate surface area is 255 Å². The zero-order valence-electron chi connectivity index (χ0n) is 24.7. The maximum atomic E-state index is 14.0. The summed E-state index contributed by atoms with van der Waals surface area (Å²) in [6.07, 6.45) is -3.33. The van der Waals surface area contributed by atoms with Crippen LogP contribution in [0.15, 0.2) is 67.0 Å². The third-order valence-electron chi connectivity index (χ3n) is 7.50. The van der Waals surface area contributed by atoms with E-state index in [9.17, 15) is 43.9 Å². The average Bonchev–Trinajstić information content (AvgIpc) is 2.94. The fraction of sp³-hybridized carbons (Fsp3) is 0.290. The summed E-state index contributed by atoms with van der Waals surface area (Å²) in [6.45, 7) is 4.09. The number of hydrogen-bond acceptors (Lipinski definition) is 4. The number of likely N-dealkylation sites (N-methyl/N-ethyl adjacent to an activating group) is 1. The molecule has 4 rings (SSSR count). The minimum Gasteiger partial charge on any atom is -0.313 e. The molecule has 0 radical (unpaired) electrons. The van der Waals surface area contributed by atoms with Crippen molar-refractivity contribution >= 4 is 27.2 Å². The summed E-state index contributed by atoms with van der Waals surface area (Å²) >= 11 is 0. The summed E-state index contributed by atoms with van der Waals surface area (Å²) in [6, 6.07) is 6.55. The van der Waals surface area contributed by atoms with Crippen LogP contribution in [0.1, 0.15) is 41.8 Å². The predicted octanol–water partition coefficient (Wildman–Crippen LogP) is 7.35. The van der Waals surface area contributed by atoms with Crippen molar-refractivity contribution in [3.8, 4) is 11.1 Å². The standard InChI is InChI=1S/C31H28F7N3O3S/c1-18-12-23(32)6-7-24(18)25-16-26(19-8-10-41(11-9-19)45(5,43)44)39-17-27(25)40(4)28(42)29(2,3)20-13-21(30(33,34)35)15-22(14-20)31(36,37)38/h6-10,12-17H,11H2,1-5H3. The molecule has 6 nitrogen and oxygen atoms in total. The lowest BCUT2D eigenvalue weighted by molar-refractivity contribution is -0.143. The normalized spacial score (nSPS) is 14.4. The molecule has 0 bridgehead atoms. The second-order valence-corrected chi connectivity index (χ2v) is 13.1. The summed E-state index contributed by atoms with van der Waals surface area (Å²) in [5.74, 6) is -1.37. The molecule has 1 aliphatic heterocycles. The van der Waals surface area contributed by atoms with Crippen molar-refractivity contribution in [1.82, 2.24) is 9.29 Å². The third-order valence-corrected chi connectivity index (χ3v) is 8.63. The molecule has 0 aliphatic carbocycles. The van der Waals surface area contributed by atoms with Crippen LogP contribution < -0.4 is 4.90 Å². The monoisotopic (exact) mass is 655 g/mol. The van der Waals surface area contributed by atoms with Gasteiger partial charge < -0.3 is 4.90 Å². The lowest BCUT2D eigenvalue weighted by atomic mass is 9.81. The molecule has 14 heteroatoms. The molecule has 0 atom stereocenters. The number of halogens is 7. The lowest BCUT2D eigenvalue weighted by Crippen LogP contribution is -2.42. The second-order valence-electron chi connectivity index (χ2n) is 11.1. The Morgan fingerprint density at radius 2 is 1.49 bits per heavy atom. The fourth-order valence-electron chi connectivity index (χ4n) is 4.90. The third kappa shape index (κ3) is 7.05. The molecule has 1 amide bonds. The molecule has 0 fully saturated rings. The van der Waals surface area contributed by atoms with Gasteiger partial charge in [0.1, 0.15) is 5.82 Å². The number of hydrogen-bond donors (Lipinski definition) is 0. The molecule has 45 heavy (non-hydrogen) atoms. The number of anilines is 1. The smallest absolute Gasteiger partial charge is 0.313 e. The number of sulfonamides is 1. The minimum absolute atomic E-state index is 0.00459. The van der Waals surface area contributed by atoms with Crippen molar-refractivity contribution in [3.05, 3.63) is 101 Å². The van der Waals surface area contributed by atoms with Crippen LogP contribution in [0.2, 0.25) is 0 Å². The van der Waals surface area contributed by atoms with E-state index in [1.165, 1.54) is 57.6 Å². The van der Waals surface area contributed by atoms with E-state index in [1.807, 2.05) is 0 Å². The van der Waals surface area contributed by atoms with Crippen LogP contribution in [0.4, 0.5) is 36.4 Å². The number of carbonyl (C=O) groups is 1. The lowest BCUT2D eigenvalue weighted by Gasteiger charge is -2.32. The summed E-state index contributed by atoms with van der Waals surface area (Å²) < 4.78 is 120. The van der Waals surface area contributed by atoms with Crippen LogP contribution in [0.25, 0.3) is 16.7 Å². The number of aromatic nitrogens is 1. The highest BCUT2D eigenvalue weighted by molar-refractivity contribution is 7.88. The molecule has 240 valence electrons. The van der Waals surface area contributed by atoms with Crippen LogP contribution >= 0.6 is 0 Å². The first-order valence-corrected chi connectivity index (χ1v) is 15.2. The number of amides is 1.